The van der Waals surface area contributed by atoms with Gasteiger partial charge >= 0.3 is 0 Å². The predicted molar refractivity (Wildman–Crippen MR) is 66.6 cm³/mol. The van der Waals surface area contributed by atoms with Gasteiger partial charge in [0, 0.05) is 32.5 Å². The fraction of sp³-hybridized carbons (Fsp3) is 0.667. The summed E-state index contributed by atoms with van der Waals surface area (Å²) in [6, 6.07) is 0. The number of hydrogen-bond acceptors (Lipinski definition) is 5. The topological polar surface area (TPSA) is 68.6 Å². The second-order valence-corrected chi connectivity index (χ2v) is 4.87. The molecule has 1 spiro atoms. The number of morpholine rings is 2. The molecule has 0 radical (unpaired) electrons. The average molecular weight is 266 g/mol. The molecule has 7 heteroatoms. The zero-order valence-electron chi connectivity index (χ0n) is 11.0. The first kappa shape index (κ1) is 12.6. The molecule has 0 aromatic carbocycles. The standard InChI is InChI=1S/C12H18N4O3/c1-15-4-2-14-10(15)11(17)16-5-7-19-12(9-16)8-13-3-6-18-12/h2,4,13H,3,5-9H2,1H3. The van der Waals surface area contributed by atoms with E-state index in [2.05, 4.69) is 10.3 Å². The van der Waals surface area contributed by atoms with Gasteiger partial charge in [0.1, 0.15) is 0 Å². The number of rotatable bonds is 1. The summed E-state index contributed by atoms with van der Waals surface area (Å²) in [5.41, 5.74) is 0. The second kappa shape index (κ2) is 4.92. The van der Waals surface area contributed by atoms with Crippen LogP contribution in [0.25, 0.3) is 0 Å². The average Bonchev–Trinajstić information content (AvgIpc) is 2.85. The van der Waals surface area contributed by atoms with Crippen LogP contribution in [0.3, 0.4) is 0 Å². The zero-order valence-corrected chi connectivity index (χ0v) is 11.0. The van der Waals surface area contributed by atoms with E-state index >= 15 is 0 Å². The van der Waals surface area contributed by atoms with Crippen LogP contribution in [-0.4, -0.2) is 65.5 Å². The van der Waals surface area contributed by atoms with Crippen LogP contribution in [0.5, 0.6) is 0 Å². The summed E-state index contributed by atoms with van der Waals surface area (Å²) >= 11 is 0. The molecule has 1 aromatic heterocycles. The van der Waals surface area contributed by atoms with E-state index in [9.17, 15) is 4.79 Å². The molecule has 0 saturated carbocycles. The highest BCUT2D eigenvalue weighted by Crippen LogP contribution is 2.22. The van der Waals surface area contributed by atoms with Crippen LogP contribution < -0.4 is 5.32 Å². The van der Waals surface area contributed by atoms with Crippen molar-refractivity contribution in [3.05, 3.63) is 18.2 Å². The van der Waals surface area contributed by atoms with Crippen molar-refractivity contribution in [2.75, 3.05) is 39.4 Å². The Morgan fingerprint density at radius 2 is 2.32 bits per heavy atom. The van der Waals surface area contributed by atoms with Crippen molar-refractivity contribution in [3.8, 4) is 0 Å². The number of aryl methyl sites for hydroxylation is 1. The molecule has 7 nitrogen and oxygen atoms in total. The van der Waals surface area contributed by atoms with Gasteiger partial charge in [-0.25, -0.2) is 4.98 Å². The van der Waals surface area contributed by atoms with Crippen LogP contribution >= 0.6 is 0 Å². The molecule has 2 aliphatic heterocycles. The minimum absolute atomic E-state index is 0.0793. The Labute approximate surface area is 111 Å². The number of aromatic nitrogens is 2. The summed E-state index contributed by atoms with van der Waals surface area (Å²) in [7, 11) is 1.81. The monoisotopic (exact) mass is 266 g/mol. The van der Waals surface area contributed by atoms with Crippen molar-refractivity contribution in [3.63, 3.8) is 0 Å². The highest BCUT2D eigenvalue weighted by Gasteiger charge is 2.41. The van der Waals surface area contributed by atoms with Crippen LogP contribution in [0.1, 0.15) is 10.6 Å². The molecular formula is C12H18N4O3. The normalized spacial score (nSPS) is 27.7. The number of nitrogens with zero attached hydrogens (tertiary/aromatic N) is 3. The summed E-state index contributed by atoms with van der Waals surface area (Å²) in [6.07, 6.45) is 3.39. The molecule has 2 saturated heterocycles. The third kappa shape index (κ3) is 2.36. The molecular weight excluding hydrogens is 248 g/mol. The Balaban J connectivity index is 1.74. The van der Waals surface area contributed by atoms with Gasteiger partial charge in [-0.2, -0.15) is 0 Å². The van der Waals surface area contributed by atoms with Crippen LogP contribution in [0.2, 0.25) is 0 Å². The maximum atomic E-state index is 12.4. The maximum Gasteiger partial charge on any atom is 0.290 e. The van der Waals surface area contributed by atoms with Crippen molar-refractivity contribution >= 4 is 5.91 Å². The number of imidazole rings is 1. The van der Waals surface area contributed by atoms with E-state index in [4.69, 9.17) is 9.47 Å². The molecule has 104 valence electrons. The number of amides is 1. The van der Waals surface area contributed by atoms with Gasteiger partial charge in [-0.1, -0.05) is 0 Å². The predicted octanol–water partition coefficient (Wildman–Crippen LogP) is -0.791. The lowest BCUT2D eigenvalue weighted by atomic mass is 10.2. The number of carbonyl (C=O) groups excluding carboxylic acids is 1. The maximum absolute atomic E-state index is 12.4. The molecule has 1 N–H and O–H groups in total. The van der Waals surface area contributed by atoms with Crippen molar-refractivity contribution in [1.82, 2.24) is 19.8 Å². The Morgan fingerprint density at radius 1 is 1.47 bits per heavy atom. The molecule has 19 heavy (non-hydrogen) atoms. The molecule has 2 fully saturated rings. The van der Waals surface area contributed by atoms with Gasteiger partial charge in [-0.3, -0.25) is 4.79 Å². The molecule has 0 bridgehead atoms. The summed E-state index contributed by atoms with van der Waals surface area (Å²) < 4.78 is 13.2. The fourth-order valence-electron chi connectivity index (χ4n) is 2.48. The van der Waals surface area contributed by atoms with Crippen molar-refractivity contribution in [1.29, 1.82) is 0 Å². The molecule has 2 aliphatic rings. The second-order valence-electron chi connectivity index (χ2n) is 4.87. The van der Waals surface area contributed by atoms with Gasteiger partial charge in [0.15, 0.2) is 11.6 Å². The fourth-order valence-corrected chi connectivity index (χ4v) is 2.48. The van der Waals surface area contributed by atoms with Crippen molar-refractivity contribution < 1.29 is 14.3 Å². The van der Waals surface area contributed by atoms with E-state index in [0.717, 1.165) is 6.54 Å². The molecule has 1 amide bonds. The summed E-state index contributed by atoms with van der Waals surface area (Å²) in [5.74, 6) is -0.331. The van der Waals surface area contributed by atoms with Gasteiger partial charge in [-0.05, 0) is 0 Å². The van der Waals surface area contributed by atoms with Gasteiger partial charge in [0.2, 0.25) is 0 Å². The molecule has 1 aromatic rings. The van der Waals surface area contributed by atoms with Gasteiger partial charge in [-0.15, -0.1) is 0 Å². The van der Waals surface area contributed by atoms with Gasteiger partial charge in [0.05, 0.1) is 26.3 Å². The highest BCUT2D eigenvalue weighted by molar-refractivity contribution is 5.90. The van der Waals surface area contributed by atoms with Crippen molar-refractivity contribution in [2.45, 2.75) is 5.79 Å². The van der Waals surface area contributed by atoms with Crippen LogP contribution in [0.4, 0.5) is 0 Å². The first-order valence-electron chi connectivity index (χ1n) is 6.45. The Bertz CT molecular complexity index is 462. The van der Waals surface area contributed by atoms with E-state index in [1.165, 1.54) is 0 Å². The van der Waals surface area contributed by atoms with Gasteiger partial charge < -0.3 is 24.3 Å². The molecule has 3 rings (SSSR count). The van der Waals surface area contributed by atoms with Crippen LogP contribution in [-0.2, 0) is 16.5 Å². The van der Waals surface area contributed by atoms with E-state index in [1.54, 1.807) is 21.9 Å². The minimum atomic E-state index is -0.697. The summed E-state index contributed by atoms with van der Waals surface area (Å²) in [5, 5.41) is 3.24. The first-order chi connectivity index (χ1) is 9.20. The lowest BCUT2D eigenvalue weighted by molar-refractivity contribution is -0.268. The van der Waals surface area contributed by atoms with Gasteiger partial charge in [0.25, 0.3) is 5.91 Å². The van der Waals surface area contributed by atoms with E-state index in [0.29, 0.717) is 38.7 Å². The quantitative estimate of drug-likeness (QED) is 0.721. The molecule has 3 heterocycles. The summed E-state index contributed by atoms with van der Waals surface area (Å²) in [4.78, 5) is 18.3. The molecule has 1 unspecified atom stereocenters. The lowest BCUT2D eigenvalue weighted by Crippen LogP contribution is -2.62. The van der Waals surface area contributed by atoms with Crippen molar-refractivity contribution in [2.24, 2.45) is 7.05 Å². The van der Waals surface area contributed by atoms with E-state index in [1.807, 2.05) is 7.05 Å². The highest BCUT2D eigenvalue weighted by atomic mass is 16.7. The minimum Gasteiger partial charge on any atom is -0.346 e. The third-order valence-corrected chi connectivity index (χ3v) is 3.50. The zero-order chi connectivity index (χ0) is 13.3. The lowest BCUT2D eigenvalue weighted by Gasteiger charge is -2.44. The van der Waals surface area contributed by atoms with E-state index < -0.39 is 5.79 Å². The van der Waals surface area contributed by atoms with Crippen LogP contribution in [0.15, 0.2) is 12.4 Å². The Hall–Kier alpha value is -1.44. The summed E-state index contributed by atoms with van der Waals surface area (Å²) in [6.45, 7) is 3.51. The Kier molecular flexibility index (Phi) is 3.26. The number of carbonyl (C=O) groups is 1. The molecule has 0 aliphatic carbocycles. The third-order valence-electron chi connectivity index (χ3n) is 3.50. The smallest absolute Gasteiger partial charge is 0.290 e. The largest absolute Gasteiger partial charge is 0.346 e. The Morgan fingerprint density at radius 3 is 3.00 bits per heavy atom. The molecule has 1 atom stereocenters. The SMILES string of the molecule is Cn1ccnc1C(=O)N1CCOC2(CNCCO2)C1. The number of ether oxygens (including phenoxy) is 2. The van der Waals surface area contributed by atoms with E-state index in [-0.39, 0.29) is 5.91 Å². The number of hydrogen-bond donors (Lipinski definition) is 1. The first-order valence-corrected chi connectivity index (χ1v) is 6.45. The van der Waals surface area contributed by atoms with Crippen LogP contribution in [0, 0.1) is 0 Å². The number of nitrogens with one attached hydrogen (secondary N) is 1.